The van der Waals surface area contributed by atoms with Gasteiger partial charge in [0.25, 0.3) is 0 Å². The number of phenolic OH excluding ortho intramolecular Hbond substituents is 1. The summed E-state index contributed by atoms with van der Waals surface area (Å²) < 4.78 is 18.4. The molecule has 1 unspecified atom stereocenters. The number of halogens is 1. The summed E-state index contributed by atoms with van der Waals surface area (Å²) in [6, 6.07) is 13.0. The molecule has 8 heteroatoms. The highest BCUT2D eigenvalue weighted by Gasteiger charge is 2.21. The Kier molecular flexibility index (Phi) is 7.73. The quantitative estimate of drug-likeness (QED) is 0.474. The van der Waals surface area contributed by atoms with Crippen LogP contribution in [0.25, 0.3) is 0 Å². The van der Waals surface area contributed by atoms with Crippen molar-refractivity contribution in [1.29, 1.82) is 0 Å². The number of piperazine rings is 1. The molecule has 0 saturated carbocycles. The molecule has 3 N–H and O–H groups in total. The molecule has 0 aromatic heterocycles. The fraction of sp³-hybridized carbons (Fsp3) is 0.409. The predicted molar refractivity (Wildman–Crippen MR) is 116 cm³/mol. The normalized spacial score (nSPS) is 15.8. The third-order valence-electron chi connectivity index (χ3n) is 4.84. The summed E-state index contributed by atoms with van der Waals surface area (Å²) in [5.74, 6) is 1.21. The number of aliphatic imine (C=N–C) groups is 1. The highest BCUT2D eigenvalue weighted by Crippen LogP contribution is 2.27. The summed E-state index contributed by atoms with van der Waals surface area (Å²) in [6.45, 7) is 6.03. The topological polar surface area (TPSA) is 80.6 Å². The van der Waals surface area contributed by atoms with Gasteiger partial charge in [0.15, 0.2) is 5.96 Å². The molecule has 0 spiro atoms. The molecule has 1 atom stereocenters. The van der Waals surface area contributed by atoms with Crippen LogP contribution in [0, 0.1) is 5.82 Å². The molecule has 1 fully saturated rings. The van der Waals surface area contributed by atoms with Gasteiger partial charge in [-0.05, 0) is 43.3 Å². The number of aromatic hydroxyl groups is 1. The molecule has 1 saturated heterocycles. The Labute approximate surface area is 176 Å². The second-order valence-corrected chi connectivity index (χ2v) is 7.08. The van der Waals surface area contributed by atoms with E-state index in [1.165, 1.54) is 24.3 Å². The largest absolute Gasteiger partial charge is 0.506 e. The first-order valence-corrected chi connectivity index (χ1v) is 10.2. The summed E-state index contributed by atoms with van der Waals surface area (Å²) in [6.07, 6.45) is -0.772. The van der Waals surface area contributed by atoms with Crippen molar-refractivity contribution in [3.8, 4) is 11.5 Å². The van der Waals surface area contributed by atoms with Gasteiger partial charge in [-0.15, -0.1) is 0 Å². The van der Waals surface area contributed by atoms with Crippen molar-refractivity contribution in [3.63, 3.8) is 0 Å². The van der Waals surface area contributed by atoms with E-state index in [0.29, 0.717) is 5.75 Å². The Balaban J connectivity index is 1.51. The lowest BCUT2D eigenvalue weighted by Crippen LogP contribution is -2.52. The van der Waals surface area contributed by atoms with Gasteiger partial charge >= 0.3 is 0 Å². The standard InChI is InChI=1S/C22H29FN4O3/c1-2-24-22(25-15-18(28)16-30-19-9-7-17(23)8-10-19)27-13-11-26(12-14-27)20-5-3-4-6-21(20)29/h3-10,18,28-29H,2,11-16H2,1H3,(H,24,25). The molecule has 2 aromatic carbocycles. The Morgan fingerprint density at radius 2 is 1.83 bits per heavy atom. The molecule has 2 aromatic rings. The molecular formula is C22H29FN4O3. The molecule has 1 aliphatic rings. The van der Waals surface area contributed by atoms with E-state index in [2.05, 4.69) is 20.1 Å². The fourth-order valence-corrected chi connectivity index (χ4v) is 3.28. The first-order valence-electron chi connectivity index (χ1n) is 10.2. The third-order valence-corrected chi connectivity index (χ3v) is 4.84. The minimum absolute atomic E-state index is 0.0790. The number of guanidine groups is 1. The van der Waals surface area contributed by atoms with Crippen molar-refractivity contribution < 1.29 is 19.3 Å². The summed E-state index contributed by atoms with van der Waals surface area (Å²) in [7, 11) is 0. The van der Waals surface area contributed by atoms with Crippen molar-refractivity contribution >= 4 is 11.6 Å². The van der Waals surface area contributed by atoms with Crippen LogP contribution in [0.4, 0.5) is 10.1 Å². The lowest BCUT2D eigenvalue weighted by atomic mass is 10.2. The highest BCUT2D eigenvalue weighted by molar-refractivity contribution is 5.80. The van der Waals surface area contributed by atoms with E-state index in [1.54, 1.807) is 6.07 Å². The van der Waals surface area contributed by atoms with Crippen LogP contribution in [0.3, 0.4) is 0 Å². The number of hydrogen-bond acceptors (Lipinski definition) is 5. The van der Waals surface area contributed by atoms with Gasteiger partial charge < -0.3 is 30.1 Å². The third kappa shape index (κ3) is 6.00. The zero-order chi connectivity index (χ0) is 21.3. The molecule has 7 nitrogen and oxygen atoms in total. The van der Waals surface area contributed by atoms with Crippen LogP contribution in [0.2, 0.25) is 0 Å². The van der Waals surface area contributed by atoms with E-state index >= 15 is 0 Å². The minimum atomic E-state index is -0.772. The highest BCUT2D eigenvalue weighted by atomic mass is 19.1. The summed E-state index contributed by atoms with van der Waals surface area (Å²) >= 11 is 0. The van der Waals surface area contributed by atoms with Crippen LogP contribution in [-0.4, -0.2) is 73.1 Å². The molecular weight excluding hydrogens is 387 g/mol. The van der Waals surface area contributed by atoms with Gasteiger partial charge in [-0.2, -0.15) is 0 Å². The number of aliphatic hydroxyl groups excluding tert-OH is 1. The molecule has 1 aliphatic heterocycles. The lowest BCUT2D eigenvalue weighted by Gasteiger charge is -2.38. The zero-order valence-electron chi connectivity index (χ0n) is 17.2. The van der Waals surface area contributed by atoms with E-state index in [-0.39, 0.29) is 24.7 Å². The maximum atomic E-state index is 12.9. The SMILES string of the molecule is CCNC(=NCC(O)COc1ccc(F)cc1)N1CCN(c2ccccc2O)CC1. The maximum Gasteiger partial charge on any atom is 0.194 e. The van der Waals surface area contributed by atoms with E-state index in [9.17, 15) is 14.6 Å². The predicted octanol–water partition coefficient (Wildman–Crippen LogP) is 2.06. The Bertz CT molecular complexity index is 823. The average molecular weight is 416 g/mol. The number of nitrogens with one attached hydrogen (secondary N) is 1. The van der Waals surface area contributed by atoms with Crippen molar-refractivity contribution in [3.05, 3.63) is 54.3 Å². The molecule has 30 heavy (non-hydrogen) atoms. The molecule has 1 heterocycles. The van der Waals surface area contributed by atoms with Crippen LogP contribution >= 0.6 is 0 Å². The average Bonchev–Trinajstić information content (AvgIpc) is 2.77. The van der Waals surface area contributed by atoms with Gasteiger partial charge in [0.1, 0.15) is 30.0 Å². The van der Waals surface area contributed by atoms with Crippen molar-refractivity contribution in [2.75, 3.05) is 50.8 Å². The van der Waals surface area contributed by atoms with E-state index in [4.69, 9.17) is 4.74 Å². The number of benzene rings is 2. The minimum Gasteiger partial charge on any atom is -0.506 e. The molecule has 162 valence electrons. The van der Waals surface area contributed by atoms with Crippen molar-refractivity contribution in [2.45, 2.75) is 13.0 Å². The first-order chi connectivity index (χ1) is 14.6. The summed E-state index contributed by atoms with van der Waals surface area (Å²) in [5, 5.41) is 23.5. The number of rotatable bonds is 7. The Hall–Kier alpha value is -3.00. The monoisotopic (exact) mass is 416 g/mol. The number of para-hydroxylation sites is 2. The van der Waals surface area contributed by atoms with Gasteiger partial charge in [-0.25, -0.2) is 4.39 Å². The molecule has 0 amide bonds. The van der Waals surface area contributed by atoms with Crippen LogP contribution in [-0.2, 0) is 0 Å². The van der Waals surface area contributed by atoms with Gasteiger partial charge in [-0.3, -0.25) is 4.99 Å². The van der Waals surface area contributed by atoms with E-state index in [1.807, 2.05) is 25.1 Å². The summed E-state index contributed by atoms with van der Waals surface area (Å²) in [4.78, 5) is 8.85. The number of anilines is 1. The van der Waals surface area contributed by atoms with E-state index < -0.39 is 6.10 Å². The van der Waals surface area contributed by atoms with Crippen molar-refractivity contribution in [1.82, 2.24) is 10.2 Å². The van der Waals surface area contributed by atoms with Crippen LogP contribution in [0.15, 0.2) is 53.5 Å². The molecule has 0 radical (unpaired) electrons. The number of aliphatic hydroxyl groups is 1. The fourth-order valence-electron chi connectivity index (χ4n) is 3.28. The number of hydrogen-bond donors (Lipinski definition) is 3. The number of ether oxygens (including phenoxy) is 1. The van der Waals surface area contributed by atoms with Crippen LogP contribution in [0.1, 0.15) is 6.92 Å². The van der Waals surface area contributed by atoms with Crippen LogP contribution in [0.5, 0.6) is 11.5 Å². The van der Waals surface area contributed by atoms with Gasteiger partial charge in [0.05, 0.1) is 12.2 Å². The van der Waals surface area contributed by atoms with E-state index in [0.717, 1.165) is 44.4 Å². The maximum absolute atomic E-state index is 12.9. The van der Waals surface area contributed by atoms with Gasteiger partial charge in [-0.1, -0.05) is 12.1 Å². The Morgan fingerprint density at radius 3 is 2.50 bits per heavy atom. The van der Waals surface area contributed by atoms with Gasteiger partial charge in [0, 0.05) is 32.7 Å². The Morgan fingerprint density at radius 1 is 1.13 bits per heavy atom. The summed E-state index contributed by atoms with van der Waals surface area (Å²) in [5.41, 5.74) is 0.840. The molecule has 0 aliphatic carbocycles. The van der Waals surface area contributed by atoms with Crippen LogP contribution < -0.4 is 15.0 Å². The number of nitrogens with zero attached hydrogens (tertiary/aromatic N) is 3. The molecule has 3 rings (SSSR count). The lowest BCUT2D eigenvalue weighted by molar-refractivity contribution is 0.114. The van der Waals surface area contributed by atoms with Gasteiger partial charge in [0.2, 0.25) is 0 Å². The molecule has 0 bridgehead atoms. The second kappa shape index (κ2) is 10.7. The second-order valence-electron chi connectivity index (χ2n) is 7.08. The zero-order valence-corrected chi connectivity index (χ0v) is 17.2. The first kappa shape index (κ1) is 21.7. The van der Waals surface area contributed by atoms with Crippen molar-refractivity contribution in [2.24, 2.45) is 4.99 Å². The number of phenols is 1. The smallest absolute Gasteiger partial charge is 0.194 e.